The van der Waals surface area contributed by atoms with Gasteiger partial charge in [-0.15, -0.1) is 0 Å². The molecule has 0 amide bonds. The molecular weight excluding hydrogens is 909 g/mol. The predicted molar refractivity (Wildman–Crippen MR) is 254 cm³/mol. The van der Waals surface area contributed by atoms with E-state index >= 15 is 0 Å². The topological polar surface area (TPSA) is 209 Å². The Labute approximate surface area is 383 Å². The first-order valence-corrected chi connectivity index (χ1v) is 28.0. The molecule has 2 unspecified atom stereocenters. The molecule has 4 aromatic carbocycles. The summed E-state index contributed by atoms with van der Waals surface area (Å²) < 4.78 is 136. The number of anilines is 1. The van der Waals surface area contributed by atoms with Crippen LogP contribution in [0.5, 0.6) is 0 Å². The first-order chi connectivity index (χ1) is 30.0. The highest BCUT2D eigenvalue weighted by molar-refractivity contribution is 7.94. The van der Waals surface area contributed by atoms with Crippen LogP contribution in [-0.4, -0.2) is 87.5 Å². The zero-order valence-electron chi connectivity index (χ0n) is 38.0. The summed E-state index contributed by atoms with van der Waals surface area (Å²) in [5.74, 6) is 0. The van der Waals surface area contributed by atoms with Crippen LogP contribution in [0.2, 0.25) is 0 Å². The van der Waals surface area contributed by atoms with Gasteiger partial charge in [-0.25, -0.2) is 25.3 Å². The second-order valence-corrected chi connectivity index (χ2v) is 25.9. The van der Waals surface area contributed by atoms with Crippen molar-refractivity contribution < 1.29 is 51.9 Å². The maximum atomic E-state index is 13.9. The van der Waals surface area contributed by atoms with E-state index in [1.807, 2.05) is 43.9 Å². The van der Waals surface area contributed by atoms with Crippen molar-refractivity contribution in [2.75, 3.05) is 24.2 Å². The molecule has 17 heteroatoms. The lowest BCUT2D eigenvalue weighted by Crippen LogP contribution is -2.31. The summed E-state index contributed by atoms with van der Waals surface area (Å²) in [5.41, 5.74) is 6.48. The lowest BCUT2D eigenvalue weighted by Gasteiger charge is -2.29. The van der Waals surface area contributed by atoms with Crippen LogP contribution in [0.1, 0.15) is 103 Å². The van der Waals surface area contributed by atoms with E-state index in [1.165, 1.54) is 32.2 Å². The quantitative estimate of drug-likeness (QED) is 0.0933. The Morgan fingerprint density at radius 2 is 1.37 bits per heavy atom. The van der Waals surface area contributed by atoms with E-state index < -0.39 is 61.5 Å². The highest BCUT2D eigenvalue weighted by Gasteiger charge is 2.47. The van der Waals surface area contributed by atoms with E-state index in [0.29, 0.717) is 48.4 Å². The average Bonchev–Trinajstić information content (AvgIpc) is 3.56. The van der Waals surface area contributed by atoms with Crippen LogP contribution in [0.3, 0.4) is 0 Å². The van der Waals surface area contributed by atoms with Gasteiger partial charge in [0.2, 0.25) is 5.69 Å². The van der Waals surface area contributed by atoms with E-state index in [0.717, 1.165) is 55.8 Å². The number of aryl methyl sites for hydroxylation is 1. The molecule has 0 aromatic heterocycles. The molecule has 0 bridgehead atoms. The van der Waals surface area contributed by atoms with Crippen LogP contribution in [0, 0.1) is 6.92 Å². The summed E-state index contributed by atoms with van der Waals surface area (Å²) >= 11 is 0. The number of rotatable bonds is 14. The Morgan fingerprint density at radius 1 is 0.754 bits per heavy atom. The van der Waals surface area contributed by atoms with E-state index in [2.05, 4.69) is 42.7 Å². The highest BCUT2D eigenvalue weighted by Crippen LogP contribution is 2.52. The molecule has 3 aliphatic rings. The first-order valence-electron chi connectivity index (χ1n) is 21.8. The van der Waals surface area contributed by atoms with Crippen LogP contribution >= 0.6 is 0 Å². The molecule has 0 saturated heterocycles. The Kier molecular flexibility index (Phi) is 12.8. The number of hydrogen-bond donors (Lipinski definition) is 1. The van der Waals surface area contributed by atoms with Gasteiger partial charge in [-0.05, 0) is 130 Å². The fourth-order valence-electron chi connectivity index (χ4n) is 10.3. The highest BCUT2D eigenvalue weighted by atomic mass is 32.2. The molecule has 1 N–H and O–H groups in total. The first kappa shape index (κ1) is 48.7. The van der Waals surface area contributed by atoms with Gasteiger partial charge >= 0.3 is 0 Å². The van der Waals surface area contributed by atoms with Crippen molar-refractivity contribution in [2.45, 2.75) is 120 Å². The Bertz CT molecular complexity index is 3240. The number of hydrogen-bond acceptors (Lipinski definition) is 11. The van der Waals surface area contributed by atoms with Gasteiger partial charge in [-0.1, -0.05) is 61.4 Å². The fraction of sp³-hybridized carbons (Fsp3) is 0.438. The minimum absolute atomic E-state index is 0.00471. The minimum Gasteiger partial charge on any atom is -0.748 e. The third-order valence-electron chi connectivity index (χ3n) is 13.7. The number of fused-ring (bicyclic) bond motifs is 6. The molecule has 2 atom stereocenters. The SMILES string of the molecule is Cc1ccc2c3c(ccc2c1)[N+](CCC(C)S(=O)(=O)[O-])=C(CCC1=C(S(C)(=O)=O)/C(=C/C=C2/N(CCC(C)S(=O)(=O)[O-])c4ccc5cc(S(=O)(=O)O)ccc5c4C2(C)C)CCC1)C3(C)C. The van der Waals surface area contributed by atoms with Gasteiger partial charge in [-0.2, -0.15) is 13.0 Å². The molecule has 13 nitrogen and oxygen atoms in total. The molecular formula is C48H57N2O11S4-. The summed E-state index contributed by atoms with van der Waals surface area (Å²) in [6.45, 7) is 13.5. The van der Waals surface area contributed by atoms with E-state index in [4.69, 9.17) is 0 Å². The predicted octanol–water partition coefficient (Wildman–Crippen LogP) is 8.44. The summed E-state index contributed by atoms with van der Waals surface area (Å²) in [6.07, 6.45) is 7.60. The zero-order chi connectivity index (χ0) is 47.8. The Balaban J connectivity index is 1.31. The monoisotopic (exact) mass is 965 g/mol. The van der Waals surface area contributed by atoms with Crippen LogP contribution in [0.15, 0.2) is 99.5 Å². The van der Waals surface area contributed by atoms with Crippen molar-refractivity contribution in [1.29, 1.82) is 0 Å². The van der Waals surface area contributed by atoms with Crippen molar-refractivity contribution in [2.24, 2.45) is 0 Å². The molecule has 0 radical (unpaired) electrons. The number of nitrogens with zero attached hydrogens (tertiary/aromatic N) is 2. The van der Waals surface area contributed by atoms with Crippen molar-refractivity contribution >= 4 is 78.8 Å². The molecule has 2 aliphatic heterocycles. The Morgan fingerprint density at radius 3 is 2.02 bits per heavy atom. The molecule has 350 valence electrons. The van der Waals surface area contributed by atoms with Gasteiger partial charge in [0, 0.05) is 59.3 Å². The third-order valence-corrected chi connectivity index (χ3v) is 18.3. The van der Waals surface area contributed by atoms with Crippen molar-refractivity contribution in [1.82, 2.24) is 0 Å². The normalized spacial score (nSPS) is 20.0. The summed E-state index contributed by atoms with van der Waals surface area (Å²) in [6, 6.07) is 18.2. The number of benzene rings is 4. The van der Waals surface area contributed by atoms with E-state index in [-0.39, 0.29) is 35.7 Å². The smallest absolute Gasteiger partial charge is 0.294 e. The summed E-state index contributed by atoms with van der Waals surface area (Å²) in [7, 11) is -17.4. The van der Waals surface area contributed by atoms with E-state index in [1.54, 1.807) is 18.2 Å². The maximum absolute atomic E-state index is 13.9. The van der Waals surface area contributed by atoms with Crippen molar-refractivity contribution in [3.05, 3.63) is 111 Å². The molecule has 65 heavy (non-hydrogen) atoms. The molecule has 0 saturated carbocycles. The summed E-state index contributed by atoms with van der Waals surface area (Å²) in [4.78, 5) is 1.94. The van der Waals surface area contributed by atoms with Crippen LogP contribution in [0.4, 0.5) is 11.4 Å². The van der Waals surface area contributed by atoms with Gasteiger partial charge in [0.15, 0.2) is 15.5 Å². The lowest BCUT2D eigenvalue weighted by atomic mass is 9.77. The molecule has 7 rings (SSSR count). The third kappa shape index (κ3) is 9.39. The molecule has 0 spiro atoms. The average molecular weight is 966 g/mol. The Hall–Kier alpha value is -4.23. The second-order valence-electron chi connectivity index (χ2n) is 19.0. The van der Waals surface area contributed by atoms with E-state index in [9.17, 15) is 47.3 Å². The van der Waals surface area contributed by atoms with Gasteiger partial charge in [0.1, 0.15) is 6.54 Å². The molecule has 4 aromatic rings. The summed E-state index contributed by atoms with van der Waals surface area (Å²) in [5, 5.41) is 1.11. The molecule has 1 aliphatic carbocycles. The lowest BCUT2D eigenvalue weighted by molar-refractivity contribution is -0.440. The second kappa shape index (κ2) is 17.1. The van der Waals surface area contributed by atoms with Crippen LogP contribution in [0.25, 0.3) is 21.5 Å². The van der Waals surface area contributed by atoms with Crippen LogP contribution in [-0.2, 0) is 51.0 Å². The minimum atomic E-state index is -4.60. The maximum Gasteiger partial charge on any atom is 0.294 e. The fourth-order valence-corrected chi connectivity index (χ4v) is 13.0. The van der Waals surface area contributed by atoms with Gasteiger partial charge in [0.25, 0.3) is 10.1 Å². The number of sulfone groups is 1. The number of allylic oxidation sites excluding steroid dienone is 5. The van der Waals surface area contributed by atoms with Gasteiger partial charge < -0.3 is 14.0 Å². The largest absolute Gasteiger partial charge is 0.748 e. The van der Waals surface area contributed by atoms with Gasteiger partial charge in [0.05, 0.1) is 40.7 Å². The van der Waals surface area contributed by atoms with Crippen molar-refractivity contribution in [3.63, 3.8) is 0 Å². The molecule has 0 fully saturated rings. The van der Waals surface area contributed by atoms with Crippen molar-refractivity contribution in [3.8, 4) is 0 Å². The zero-order valence-corrected chi connectivity index (χ0v) is 41.3. The molecule has 2 heterocycles. The van der Waals surface area contributed by atoms with Gasteiger partial charge in [-0.3, -0.25) is 4.55 Å². The van der Waals surface area contributed by atoms with Crippen LogP contribution < -0.4 is 4.90 Å². The standard InChI is InChI=1S/C48H58N2O11S4/c1-30-12-18-38-35(28-30)13-20-40-44(38)47(4,5)42(49(40)26-24-31(2)63(53,54)55)22-15-33-10-9-11-34(46(33)62(8,51)52)16-23-43-48(6,7)45-39-19-17-37(65(59,60)61)29-36(39)14-21-41(45)50(43)27-25-32(3)64(56,57)58/h12-14,16-21,23,28-29,31-32H,9-11,15,22,24-27H2,1-8H3,(H2-,53,54,55,56,57,58,59,60,61)/p-1/b34-16+,43-23+.